The zero-order chi connectivity index (χ0) is 12.7. The van der Waals surface area contributed by atoms with E-state index in [-0.39, 0.29) is 6.10 Å². The lowest BCUT2D eigenvalue weighted by atomic mass is 10.1. The van der Waals surface area contributed by atoms with Crippen molar-refractivity contribution >= 4 is 15.9 Å². The molecule has 2 nitrogen and oxygen atoms in total. The molecule has 1 atom stereocenters. The van der Waals surface area contributed by atoms with Gasteiger partial charge in [-0.3, -0.25) is 4.90 Å². The Hall–Kier alpha value is 0.190. The molecule has 0 aromatic carbocycles. The molecule has 0 aromatic rings. The predicted octanol–water partition coefficient (Wildman–Crippen LogP) is 3.20. The molecule has 17 heavy (non-hydrogen) atoms. The van der Waals surface area contributed by atoms with Gasteiger partial charge in [0.15, 0.2) is 0 Å². The summed E-state index contributed by atoms with van der Waals surface area (Å²) in [6.07, 6.45) is -0.0568. The zero-order valence-electron chi connectivity index (χ0n) is 9.81. The number of nitrogens with zero attached hydrogens (tertiary/aromatic N) is 1. The van der Waals surface area contributed by atoms with E-state index >= 15 is 0 Å². The minimum absolute atomic E-state index is 0.270. The van der Waals surface area contributed by atoms with Crippen molar-refractivity contribution in [2.75, 3.05) is 31.6 Å². The summed E-state index contributed by atoms with van der Waals surface area (Å²) in [5.74, 6) is 0. The summed E-state index contributed by atoms with van der Waals surface area (Å²) in [5, 5.41) is 0.572. The van der Waals surface area contributed by atoms with Gasteiger partial charge in [0, 0.05) is 18.5 Å². The van der Waals surface area contributed by atoms with E-state index in [4.69, 9.17) is 4.74 Å². The third-order valence-corrected chi connectivity index (χ3v) is 3.18. The van der Waals surface area contributed by atoms with Gasteiger partial charge in [0.2, 0.25) is 0 Å². The van der Waals surface area contributed by atoms with Crippen LogP contribution in [0.2, 0.25) is 0 Å². The van der Waals surface area contributed by atoms with Crippen LogP contribution in [0.5, 0.6) is 0 Å². The summed E-state index contributed by atoms with van der Waals surface area (Å²) in [6.45, 7) is 0.915. The Morgan fingerprint density at radius 3 is 2.59 bits per heavy atom. The maximum Gasteiger partial charge on any atom is 0.401 e. The van der Waals surface area contributed by atoms with E-state index in [0.29, 0.717) is 18.4 Å². The molecule has 0 amide bonds. The van der Waals surface area contributed by atoms with Gasteiger partial charge < -0.3 is 4.74 Å². The van der Waals surface area contributed by atoms with E-state index in [9.17, 15) is 13.2 Å². The van der Waals surface area contributed by atoms with Crippen LogP contribution in [0.3, 0.4) is 0 Å². The molecule has 6 heteroatoms. The summed E-state index contributed by atoms with van der Waals surface area (Å²) >= 11 is 3.18. The highest BCUT2D eigenvalue weighted by Crippen LogP contribution is 2.19. The van der Waals surface area contributed by atoms with Crippen LogP contribution in [0.1, 0.15) is 25.7 Å². The van der Waals surface area contributed by atoms with Crippen LogP contribution in [0.4, 0.5) is 13.2 Å². The third kappa shape index (κ3) is 7.26. The van der Waals surface area contributed by atoms with Gasteiger partial charge in [0.05, 0.1) is 12.6 Å². The van der Waals surface area contributed by atoms with Gasteiger partial charge >= 0.3 is 6.18 Å². The van der Waals surface area contributed by atoms with Gasteiger partial charge in [0.25, 0.3) is 0 Å². The van der Waals surface area contributed by atoms with E-state index in [1.807, 2.05) is 0 Å². The number of ether oxygens (including phenoxy) is 1. The Labute approximate surface area is 109 Å². The van der Waals surface area contributed by atoms with Crippen LogP contribution in [-0.4, -0.2) is 48.8 Å². The molecule has 1 heterocycles. The molecule has 0 saturated carbocycles. The minimum Gasteiger partial charge on any atom is -0.378 e. The zero-order valence-corrected chi connectivity index (χ0v) is 11.4. The van der Waals surface area contributed by atoms with Crippen molar-refractivity contribution in [2.24, 2.45) is 0 Å². The van der Waals surface area contributed by atoms with Gasteiger partial charge in [-0.2, -0.15) is 13.2 Å². The van der Waals surface area contributed by atoms with Crippen molar-refractivity contribution in [1.82, 2.24) is 4.90 Å². The minimum atomic E-state index is -4.11. The molecular formula is C11H19BrF3NO. The van der Waals surface area contributed by atoms with Crippen molar-refractivity contribution in [1.29, 1.82) is 0 Å². The third-order valence-electron chi connectivity index (χ3n) is 2.83. The Morgan fingerprint density at radius 1 is 1.29 bits per heavy atom. The highest BCUT2D eigenvalue weighted by atomic mass is 79.9. The molecule has 1 aliphatic heterocycles. The summed E-state index contributed by atoms with van der Waals surface area (Å²) < 4.78 is 42.3. The van der Waals surface area contributed by atoms with Crippen molar-refractivity contribution < 1.29 is 17.9 Å². The van der Waals surface area contributed by atoms with E-state index < -0.39 is 12.7 Å². The Bertz CT molecular complexity index is 207. The number of hydrogen-bond acceptors (Lipinski definition) is 2. The van der Waals surface area contributed by atoms with Crippen LogP contribution in [0.25, 0.3) is 0 Å². The van der Waals surface area contributed by atoms with E-state index in [2.05, 4.69) is 15.9 Å². The molecule has 0 aliphatic carbocycles. The molecule has 0 aromatic heterocycles. The number of rotatable bonds is 7. The second kappa shape index (κ2) is 7.59. The molecule has 0 radical (unpaired) electrons. The quantitative estimate of drug-likeness (QED) is 0.669. The second-order valence-electron chi connectivity index (χ2n) is 4.36. The maximum atomic E-state index is 12.3. The number of hydrogen-bond donors (Lipinski definition) is 0. The first-order valence-electron chi connectivity index (χ1n) is 5.98. The Kier molecular flexibility index (Phi) is 6.80. The van der Waals surface area contributed by atoms with Gasteiger partial charge in [-0.05, 0) is 32.2 Å². The fourth-order valence-corrected chi connectivity index (χ4v) is 2.56. The molecule has 1 aliphatic rings. The normalized spacial score (nSPS) is 21.4. The van der Waals surface area contributed by atoms with Crippen LogP contribution < -0.4 is 0 Å². The average molecular weight is 318 g/mol. The van der Waals surface area contributed by atoms with E-state index in [1.54, 1.807) is 0 Å². The van der Waals surface area contributed by atoms with Crippen LogP contribution in [0.15, 0.2) is 0 Å². The number of halogens is 4. The molecule has 102 valence electrons. The topological polar surface area (TPSA) is 12.5 Å². The van der Waals surface area contributed by atoms with Crippen LogP contribution in [0, 0.1) is 0 Å². The highest BCUT2D eigenvalue weighted by Gasteiger charge is 2.30. The molecule has 1 unspecified atom stereocenters. The summed E-state index contributed by atoms with van der Waals surface area (Å²) in [6, 6.07) is 0. The SMILES string of the molecule is FC(F)(F)CN(CCBr)CCCC1CCCO1. The van der Waals surface area contributed by atoms with Crippen molar-refractivity contribution in [3.63, 3.8) is 0 Å². The number of alkyl halides is 4. The smallest absolute Gasteiger partial charge is 0.378 e. The molecular weight excluding hydrogens is 299 g/mol. The standard InChI is InChI=1S/C11H19BrF3NO/c12-5-7-16(9-11(13,14)15)6-1-3-10-4-2-8-17-10/h10H,1-9H2. The lowest BCUT2D eigenvalue weighted by Gasteiger charge is -2.23. The maximum absolute atomic E-state index is 12.3. The van der Waals surface area contributed by atoms with Crippen molar-refractivity contribution in [3.8, 4) is 0 Å². The largest absolute Gasteiger partial charge is 0.401 e. The van der Waals surface area contributed by atoms with Gasteiger partial charge in [-0.15, -0.1) is 0 Å². The van der Waals surface area contributed by atoms with Crippen LogP contribution >= 0.6 is 15.9 Å². The lowest BCUT2D eigenvalue weighted by Crippen LogP contribution is -2.36. The molecule has 0 spiro atoms. The fraction of sp³-hybridized carbons (Fsp3) is 1.00. The van der Waals surface area contributed by atoms with E-state index in [1.165, 1.54) is 4.90 Å². The van der Waals surface area contributed by atoms with Crippen molar-refractivity contribution in [3.05, 3.63) is 0 Å². The Morgan fingerprint density at radius 2 is 2.06 bits per heavy atom. The molecule has 0 bridgehead atoms. The highest BCUT2D eigenvalue weighted by molar-refractivity contribution is 9.09. The fourth-order valence-electron chi connectivity index (χ4n) is 2.06. The first kappa shape index (κ1) is 15.2. The molecule has 1 rings (SSSR count). The Balaban J connectivity index is 2.18. The summed E-state index contributed by atoms with van der Waals surface area (Å²) in [4.78, 5) is 1.45. The van der Waals surface area contributed by atoms with E-state index in [0.717, 1.165) is 32.3 Å². The average Bonchev–Trinajstić information content (AvgIpc) is 2.68. The molecule has 0 N–H and O–H groups in total. The molecule has 1 saturated heterocycles. The first-order valence-corrected chi connectivity index (χ1v) is 7.10. The first-order chi connectivity index (χ1) is 8.01. The lowest BCUT2D eigenvalue weighted by molar-refractivity contribution is -0.145. The summed E-state index contributed by atoms with van der Waals surface area (Å²) in [5.41, 5.74) is 0. The van der Waals surface area contributed by atoms with Crippen molar-refractivity contribution in [2.45, 2.75) is 38.0 Å². The summed E-state index contributed by atoms with van der Waals surface area (Å²) in [7, 11) is 0. The van der Waals surface area contributed by atoms with Gasteiger partial charge in [-0.25, -0.2) is 0 Å². The predicted molar refractivity (Wildman–Crippen MR) is 64.5 cm³/mol. The van der Waals surface area contributed by atoms with Gasteiger partial charge in [0.1, 0.15) is 0 Å². The second-order valence-corrected chi connectivity index (χ2v) is 5.15. The van der Waals surface area contributed by atoms with Crippen LogP contribution in [-0.2, 0) is 4.74 Å². The van der Waals surface area contributed by atoms with Gasteiger partial charge in [-0.1, -0.05) is 15.9 Å². The molecule has 1 fully saturated rings. The monoisotopic (exact) mass is 317 g/mol.